The van der Waals surface area contributed by atoms with Crippen LogP contribution in [0.15, 0.2) is 36.5 Å². The van der Waals surface area contributed by atoms with Crippen LogP contribution in [0.4, 0.5) is 11.6 Å². The molecule has 1 aromatic carbocycles. The molecular weight excluding hydrogens is 420 g/mol. The van der Waals surface area contributed by atoms with Crippen molar-refractivity contribution >= 4 is 23.5 Å². The highest BCUT2D eigenvalue weighted by molar-refractivity contribution is 6.02. The Kier molecular flexibility index (Phi) is 6.54. The summed E-state index contributed by atoms with van der Waals surface area (Å²) in [6.45, 7) is 2.34. The maximum atomic E-state index is 13.2. The van der Waals surface area contributed by atoms with Crippen LogP contribution >= 0.6 is 0 Å². The zero-order chi connectivity index (χ0) is 23.4. The molecule has 0 radical (unpaired) electrons. The van der Waals surface area contributed by atoms with E-state index < -0.39 is 0 Å². The lowest BCUT2D eigenvalue weighted by Gasteiger charge is -2.35. The number of hydrogen-bond donors (Lipinski definition) is 2. The van der Waals surface area contributed by atoms with Gasteiger partial charge in [0.05, 0.1) is 13.3 Å². The van der Waals surface area contributed by atoms with Gasteiger partial charge in [0.15, 0.2) is 0 Å². The van der Waals surface area contributed by atoms with Gasteiger partial charge in [0.25, 0.3) is 5.91 Å². The third-order valence-corrected chi connectivity index (χ3v) is 6.02. The summed E-state index contributed by atoms with van der Waals surface area (Å²) < 4.78 is 5.17. The van der Waals surface area contributed by atoms with Crippen LogP contribution in [0.1, 0.15) is 54.1 Å². The Balaban J connectivity index is 1.43. The number of methoxy groups -OCH3 is 1. The minimum absolute atomic E-state index is 0.00549. The summed E-state index contributed by atoms with van der Waals surface area (Å²) in [5, 5.41) is 15.2. The summed E-state index contributed by atoms with van der Waals surface area (Å²) in [6.07, 6.45) is 8.18. The van der Waals surface area contributed by atoms with Gasteiger partial charge in [0.2, 0.25) is 17.7 Å². The maximum absolute atomic E-state index is 13.2. The van der Waals surface area contributed by atoms with Crippen LogP contribution in [-0.4, -0.2) is 45.9 Å². The lowest BCUT2D eigenvalue weighted by molar-refractivity contribution is -0.111. The molecule has 0 saturated heterocycles. The molecule has 2 heterocycles. The highest BCUT2D eigenvalue weighted by Crippen LogP contribution is 2.33. The minimum atomic E-state index is -0.220. The fourth-order valence-electron chi connectivity index (χ4n) is 4.46. The van der Waals surface area contributed by atoms with Crippen LogP contribution in [0.2, 0.25) is 0 Å². The number of hydrogen-bond acceptors (Lipinski definition) is 7. The van der Waals surface area contributed by atoms with Crippen molar-refractivity contribution in [1.29, 1.82) is 5.26 Å². The molecule has 4 rings (SSSR count). The van der Waals surface area contributed by atoms with Gasteiger partial charge in [0, 0.05) is 29.9 Å². The fourth-order valence-corrected chi connectivity index (χ4v) is 4.46. The van der Waals surface area contributed by atoms with Crippen molar-refractivity contribution in [1.82, 2.24) is 14.9 Å². The molecule has 2 atom stereocenters. The zero-order valence-electron chi connectivity index (χ0n) is 18.7. The molecule has 1 aromatic heterocycles. The molecule has 1 fully saturated rings. The van der Waals surface area contributed by atoms with Gasteiger partial charge in [0.1, 0.15) is 11.6 Å². The monoisotopic (exact) mass is 446 g/mol. The van der Waals surface area contributed by atoms with Crippen molar-refractivity contribution in [2.24, 2.45) is 0 Å². The largest absolute Gasteiger partial charge is 0.480 e. The molecule has 9 nitrogen and oxygen atoms in total. The zero-order valence-corrected chi connectivity index (χ0v) is 18.7. The Labute approximate surface area is 192 Å². The van der Waals surface area contributed by atoms with E-state index in [1.54, 1.807) is 19.1 Å². The standard InChI is InChI=1S/C24H26N6O3/c1-3-5-21(31)27-18-9-8-15-14-30(23(32)20(15)11-18)19-7-4-6-17(10-19)28-24-26-13-16(12-25)22(29-24)33-2/h3,5,8-9,11,13,17,19H,4,6-7,10,14H2,1-2H3,(H,27,31)(H,26,28,29)/t17-,19+/m1/s1. The number of fused-ring (bicyclic) bond motifs is 1. The van der Waals surface area contributed by atoms with Crippen LogP contribution in [-0.2, 0) is 11.3 Å². The van der Waals surface area contributed by atoms with Crippen LogP contribution in [0.3, 0.4) is 0 Å². The van der Waals surface area contributed by atoms with Crippen LogP contribution < -0.4 is 15.4 Å². The van der Waals surface area contributed by atoms with Crippen molar-refractivity contribution in [2.75, 3.05) is 17.7 Å². The number of allylic oxidation sites excluding steroid dienone is 1. The second-order valence-corrected chi connectivity index (χ2v) is 8.18. The van der Waals surface area contributed by atoms with Crippen molar-refractivity contribution < 1.29 is 14.3 Å². The van der Waals surface area contributed by atoms with E-state index in [2.05, 4.69) is 20.6 Å². The molecule has 2 N–H and O–H groups in total. The van der Waals surface area contributed by atoms with Crippen molar-refractivity contribution in [3.8, 4) is 11.9 Å². The summed E-state index contributed by atoms with van der Waals surface area (Å²) in [4.78, 5) is 35.5. The summed E-state index contributed by atoms with van der Waals surface area (Å²) in [6, 6.07) is 7.71. The highest BCUT2D eigenvalue weighted by Gasteiger charge is 2.35. The molecule has 0 bridgehead atoms. The van der Waals surface area contributed by atoms with E-state index in [-0.39, 0.29) is 35.3 Å². The van der Waals surface area contributed by atoms with Crippen molar-refractivity contribution in [3.63, 3.8) is 0 Å². The number of rotatable bonds is 6. The van der Waals surface area contributed by atoms with Crippen LogP contribution in [0, 0.1) is 11.3 Å². The van der Waals surface area contributed by atoms with E-state index in [1.165, 1.54) is 19.4 Å². The fraction of sp³-hybridized carbons (Fsp3) is 0.375. The topological polar surface area (TPSA) is 120 Å². The van der Waals surface area contributed by atoms with Gasteiger partial charge < -0.3 is 20.3 Å². The quantitative estimate of drug-likeness (QED) is 0.654. The maximum Gasteiger partial charge on any atom is 0.254 e. The number of nitrogens with zero attached hydrogens (tertiary/aromatic N) is 4. The lowest BCUT2D eigenvalue weighted by Crippen LogP contribution is -2.42. The molecule has 2 aromatic rings. The third-order valence-electron chi connectivity index (χ3n) is 6.02. The van der Waals surface area contributed by atoms with Gasteiger partial charge in [-0.25, -0.2) is 4.98 Å². The van der Waals surface area contributed by atoms with E-state index in [1.807, 2.05) is 23.1 Å². The first-order chi connectivity index (χ1) is 16.0. The van der Waals surface area contributed by atoms with Crippen LogP contribution in [0.5, 0.6) is 5.88 Å². The Morgan fingerprint density at radius 1 is 1.36 bits per heavy atom. The first-order valence-corrected chi connectivity index (χ1v) is 11.0. The van der Waals surface area contributed by atoms with Crippen molar-refractivity contribution in [2.45, 2.75) is 51.2 Å². The second-order valence-electron chi connectivity index (χ2n) is 8.18. The molecule has 0 unspecified atom stereocenters. The molecule has 1 aliphatic carbocycles. The van der Waals surface area contributed by atoms with E-state index in [0.29, 0.717) is 23.7 Å². The molecule has 1 aliphatic heterocycles. The molecule has 170 valence electrons. The van der Waals surface area contributed by atoms with Gasteiger partial charge in [-0.15, -0.1) is 0 Å². The SMILES string of the molecule is CC=CC(=O)Nc1ccc2c(c1)C(=O)N([C@H]1CCC[C@@H](Nc3ncc(C#N)c(OC)n3)C1)C2. The second kappa shape index (κ2) is 9.69. The van der Waals surface area contributed by atoms with Gasteiger partial charge in [-0.1, -0.05) is 12.1 Å². The van der Waals surface area contributed by atoms with Crippen LogP contribution in [0.25, 0.3) is 0 Å². The number of anilines is 2. The number of benzene rings is 1. The average Bonchev–Trinajstić information content (AvgIpc) is 3.15. The van der Waals surface area contributed by atoms with E-state index in [0.717, 1.165) is 31.2 Å². The molecule has 9 heteroatoms. The number of nitrogens with one attached hydrogen (secondary N) is 2. The van der Waals surface area contributed by atoms with E-state index >= 15 is 0 Å². The highest BCUT2D eigenvalue weighted by atomic mass is 16.5. The first kappa shape index (κ1) is 22.3. The first-order valence-electron chi connectivity index (χ1n) is 11.0. The lowest BCUT2D eigenvalue weighted by atomic mass is 9.90. The Morgan fingerprint density at radius 2 is 2.21 bits per heavy atom. The van der Waals surface area contributed by atoms with Gasteiger partial charge >= 0.3 is 0 Å². The summed E-state index contributed by atoms with van der Waals surface area (Å²) in [5.41, 5.74) is 2.51. The number of ether oxygens (including phenoxy) is 1. The third kappa shape index (κ3) is 4.80. The predicted molar refractivity (Wildman–Crippen MR) is 123 cm³/mol. The summed E-state index contributed by atoms with van der Waals surface area (Å²) in [5.74, 6) is 0.426. The number of amides is 2. The molecule has 2 aliphatic rings. The minimum Gasteiger partial charge on any atom is -0.480 e. The normalized spacial score (nSPS) is 19.8. The Morgan fingerprint density at radius 3 is 2.97 bits per heavy atom. The smallest absolute Gasteiger partial charge is 0.254 e. The van der Waals surface area contributed by atoms with Gasteiger partial charge in [-0.3, -0.25) is 9.59 Å². The Bertz CT molecular complexity index is 1140. The molecule has 0 spiro atoms. The Hall–Kier alpha value is -3.93. The molecular formula is C24H26N6O3. The molecule has 1 saturated carbocycles. The van der Waals surface area contributed by atoms with Gasteiger partial charge in [-0.05, 0) is 56.4 Å². The summed E-state index contributed by atoms with van der Waals surface area (Å²) in [7, 11) is 1.47. The number of carbonyl (C=O) groups is 2. The summed E-state index contributed by atoms with van der Waals surface area (Å²) >= 11 is 0. The number of carbonyl (C=O) groups excluding carboxylic acids is 2. The van der Waals surface area contributed by atoms with E-state index in [9.17, 15) is 9.59 Å². The van der Waals surface area contributed by atoms with Gasteiger partial charge in [-0.2, -0.15) is 10.2 Å². The molecule has 2 amide bonds. The number of nitriles is 1. The van der Waals surface area contributed by atoms with Crippen molar-refractivity contribution in [3.05, 3.63) is 53.2 Å². The predicted octanol–water partition coefficient (Wildman–Crippen LogP) is 3.25. The average molecular weight is 447 g/mol. The number of aromatic nitrogens is 2. The molecule has 33 heavy (non-hydrogen) atoms. The van der Waals surface area contributed by atoms with E-state index in [4.69, 9.17) is 10.00 Å².